The van der Waals surface area contributed by atoms with Gasteiger partial charge in [0.1, 0.15) is 11.6 Å². The van der Waals surface area contributed by atoms with E-state index in [1.165, 1.54) is 12.1 Å². The second kappa shape index (κ2) is 9.40. The zero-order valence-electron chi connectivity index (χ0n) is 17.7. The van der Waals surface area contributed by atoms with E-state index in [0.29, 0.717) is 11.5 Å². The van der Waals surface area contributed by atoms with Gasteiger partial charge < -0.3 is 20.3 Å². The van der Waals surface area contributed by atoms with Crippen LogP contribution in [0.4, 0.5) is 24.9 Å². The third-order valence-electron chi connectivity index (χ3n) is 5.11. The molecule has 1 amide bonds. The van der Waals surface area contributed by atoms with Crippen LogP contribution in [-0.4, -0.2) is 48.4 Å². The molecule has 1 aromatic heterocycles. The number of aryl methyl sites for hydroxylation is 1. The lowest BCUT2D eigenvalue weighted by Crippen LogP contribution is -2.40. The van der Waals surface area contributed by atoms with Crippen LogP contribution in [0.3, 0.4) is 0 Å². The second-order valence-corrected chi connectivity index (χ2v) is 7.83. The topological polar surface area (TPSA) is 79.4 Å². The van der Waals surface area contributed by atoms with Crippen molar-refractivity contribution in [1.82, 2.24) is 15.3 Å². The maximum absolute atomic E-state index is 12.4. The quantitative estimate of drug-likeness (QED) is 0.714. The summed E-state index contributed by atoms with van der Waals surface area (Å²) in [5.74, 6) is 0.784. The minimum absolute atomic E-state index is 0.00734. The minimum atomic E-state index is -4.76. The molecule has 10 heteroatoms. The van der Waals surface area contributed by atoms with E-state index in [9.17, 15) is 18.0 Å². The number of halogens is 3. The highest BCUT2D eigenvalue weighted by Gasteiger charge is 2.31. The summed E-state index contributed by atoms with van der Waals surface area (Å²) in [7, 11) is 3.87. The first-order valence-corrected chi connectivity index (χ1v) is 10.0. The van der Waals surface area contributed by atoms with Gasteiger partial charge in [0.15, 0.2) is 0 Å². The van der Waals surface area contributed by atoms with Crippen LogP contribution in [0.5, 0.6) is 5.75 Å². The predicted octanol–water partition coefficient (Wildman–Crippen LogP) is 3.90. The first kappa shape index (κ1) is 22.6. The second-order valence-electron chi connectivity index (χ2n) is 7.83. The average molecular weight is 437 g/mol. The fraction of sp³-hybridized carbons (Fsp3) is 0.476. The highest BCUT2D eigenvalue weighted by atomic mass is 19.4. The number of hydrogen-bond donors (Lipinski definition) is 2. The SMILES string of the molecule is Cc1cnc(N[C@H]2CC[C@@H](NC(=O)c3ccc(OC(F)(F)F)cc3)CC2)nc1N(C)C. The van der Waals surface area contributed by atoms with Gasteiger partial charge in [0.25, 0.3) is 5.91 Å². The van der Waals surface area contributed by atoms with Gasteiger partial charge in [-0.15, -0.1) is 13.2 Å². The molecule has 0 saturated heterocycles. The Balaban J connectivity index is 1.49. The van der Waals surface area contributed by atoms with Gasteiger partial charge in [0, 0.05) is 43.5 Å². The lowest BCUT2D eigenvalue weighted by Gasteiger charge is -2.30. The van der Waals surface area contributed by atoms with Gasteiger partial charge >= 0.3 is 6.36 Å². The highest BCUT2D eigenvalue weighted by Crippen LogP contribution is 2.24. The Morgan fingerprint density at radius 2 is 1.71 bits per heavy atom. The zero-order valence-corrected chi connectivity index (χ0v) is 17.7. The Morgan fingerprint density at radius 3 is 2.29 bits per heavy atom. The Hall–Kier alpha value is -3.04. The molecule has 1 aliphatic carbocycles. The number of carbonyl (C=O) groups is 1. The molecule has 168 valence electrons. The van der Waals surface area contributed by atoms with Crippen molar-refractivity contribution in [3.63, 3.8) is 0 Å². The summed E-state index contributed by atoms with van der Waals surface area (Å²) >= 11 is 0. The van der Waals surface area contributed by atoms with Crippen molar-refractivity contribution in [2.24, 2.45) is 0 Å². The van der Waals surface area contributed by atoms with Crippen molar-refractivity contribution in [3.8, 4) is 5.75 Å². The van der Waals surface area contributed by atoms with Crippen molar-refractivity contribution < 1.29 is 22.7 Å². The van der Waals surface area contributed by atoms with Gasteiger partial charge in [-0.3, -0.25) is 4.79 Å². The summed E-state index contributed by atoms with van der Waals surface area (Å²) in [5.41, 5.74) is 1.29. The van der Waals surface area contributed by atoms with Gasteiger partial charge in [-0.05, 0) is 56.9 Å². The molecule has 3 rings (SSSR count). The number of rotatable bonds is 6. The first-order valence-electron chi connectivity index (χ1n) is 10.0. The van der Waals surface area contributed by atoms with E-state index in [-0.39, 0.29) is 23.7 Å². The third-order valence-corrected chi connectivity index (χ3v) is 5.11. The van der Waals surface area contributed by atoms with Crippen LogP contribution in [0.1, 0.15) is 41.6 Å². The number of alkyl halides is 3. The number of aromatic nitrogens is 2. The van der Waals surface area contributed by atoms with E-state index in [2.05, 4.69) is 25.3 Å². The molecule has 0 radical (unpaired) electrons. The molecule has 2 aromatic rings. The summed E-state index contributed by atoms with van der Waals surface area (Å²) in [6.45, 7) is 1.96. The molecule has 1 saturated carbocycles. The molecule has 0 unspecified atom stereocenters. The molecule has 1 aromatic carbocycles. The minimum Gasteiger partial charge on any atom is -0.406 e. The van der Waals surface area contributed by atoms with Crippen LogP contribution in [0.25, 0.3) is 0 Å². The van der Waals surface area contributed by atoms with Crippen molar-refractivity contribution in [2.75, 3.05) is 24.3 Å². The number of ether oxygens (including phenoxy) is 1. The Labute approximate surface area is 179 Å². The number of carbonyl (C=O) groups excluding carboxylic acids is 1. The summed E-state index contributed by atoms with van der Waals surface area (Å²) in [6.07, 6.45) is 0.293. The number of hydrogen-bond acceptors (Lipinski definition) is 6. The van der Waals surface area contributed by atoms with Gasteiger partial charge in [-0.1, -0.05) is 0 Å². The molecular weight excluding hydrogens is 411 g/mol. The molecule has 1 heterocycles. The van der Waals surface area contributed by atoms with E-state index in [1.807, 2.05) is 25.9 Å². The average Bonchev–Trinajstić information content (AvgIpc) is 2.70. The van der Waals surface area contributed by atoms with Gasteiger partial charge in [-0.2, -0.15) is 4.98 Å². The normalized spacial score (nSPS) is 18.9. The van der Waals surface area contributed by atoms with Crippen LogP contribution in [0, 0.1) is 6.92 Å². The Bertz CT molecular complexity index is 895. The standard InChI is InChI=1S/C21H26F3N5O2/c1-13-12-25-20(28-18(13)29(2)3)27-16-8-6-15(7-9-16)26-19(30)14-4-10-17(11-5-14)31-21(22,23)24/h4-5,10-12,15-16H,6-9H2,1-3H3,(H,26,30)(H,25,27,28)/t15-,16+. The Morgan fingerprint density at radius 1 is 1.10 bits per heavy atom. The molecule has 0 spiro atoms. The molecule has 0 atom stereocenters. The third kappa shape index (κ3) is 6.47. The van der Waals surface area contributed by atoms with E-state index in [4.69, 9.17) is 0 Å². The van der Waals surface area contributed by atoms with Crippen molar-refractivity contribution in [3.05, 3.63) is 41.6 Å². The molecular formula is C21H26F3N5O2. The molecule has 7 nitrogen and oxygen atoms in total. The molecule has 1 fully saturated rings. The fourth-order valence-corrected chi connectivity index (χ4v) is 3.60. The lowest BCUT2D eigenvalue weighted by atomic mass is 9.91. The van der Waals surface area contributed by atoms with Crippen LogP contribution >= 0.6 is 0 Å². The molecule has 0 aliphatic heterocycles. The zero-order chi connectivity index (χ0) is 22.6. The molecule has 0 bridgehead atoms. The monoisotopic (exact) mass is 437 g/mol. The largest absolute Gasteiger partial charge is 0.573 e. The smallest absolute Gasteiger partial charge is 0.406 e. The van der Waals surface area contributed by atoms with Gasteiger partial charge in [0.2, 0.25) is 5.95 Å². The summed E-state index contributed by atoms with van der Waals surface area (Å²) < 4.78 is 40.5. The van der Waals surface area contributed by atoms with E-state index >= 15 is 0 Å². The molecule has 1 aliphatic rings. The number of benzene rings is 1. The lowest BCUT2D eigenvalue weighted by molar-refractivity contribution is -0.274. The molecule has 2 N–H and O–H groups in total. The Kier molecular flexibility index (Phi) is 6.87. The predicted molar refractivity (Wildman–Crippen MR) is 111 cm³/mol. The van der Waals surface area contributed by atoms with Gasteiger partial charge in [0.05, 0.1) is 0 Å². The van der Waals surface area contributed by atoms with Crippen molar-refractivity contribution >= 4 is 17.7 Å². The first-order chi connectivity index (χ1) is 14.6. The maximum Gasteiger partial charge on any atom is 0.573 e. The number of nitrogens with zero attached hydrogens (tertiary/aromatic N) is 3. The van der Waals surface area contributed by atoms with Crippen molar-refractivity contribution in [2.45, 2.75) is 51.1 Å². The number of amides is 1. The highest BCUT2D eigenvalue weighted by molar-refractivity contribution is 5.94. The van der Waals surface area contributed by atoms with Crippen LogP contribution < -0.4 is 20.3 Å². The van der Waals surface area contributed by atoms with Crippen LogP contribution in [-0.2, 0) is 0 Å². The number of nitrogens with one attached hydrogen (secondary N) is 2. The van der Waals surface area contributed by atoms with E-state index < -0.39 is 6.36 Å². The van der Waals surface area contributed by atoms with Crippen LogP contribution in [0.15, 0.2) is 30.5 Å². The summed E-state index contributed by atoms with van der Waals surface area (Å²) in [6, 6.07) is 5.12. The van der Waals surface area contributed by atoms with E-state index in [1.54, 1.807) is 6.20 Å². The van der Waals surface area contributed by atoms with E-state index in [0.717, 1.165) is 49.2 Å². The summed E-state index contributed by atoms with van der Waals surface area (Å²) in [5, 5.41) is 6.32. The fourth-order valence-electron chi connectivity index (χ4n) is 3.60. The number of anilines is 2. The summed E-state index contributed by atoms with van der Waals surface area (Å²) in [4.78, 5) is 23.2. The van der Waals surface area contributed by atoms with Crippen LogP contribution in [0.2, 0.25) is 0 Å². The van der Waals surface area contributed by atoms with Crippen molar-refractivity contribution in [1.29, 1.82) is 0 Å². The van der Waals surface area contributed by atoms with Gasteiger partial charge in [-0.25, -0.2) is 4.98 Å². The molecule has 31 heavy (non-hydrogen) atoms. The maximum atomic E-state index is 12.4.